The van der Waals surface area contributed by atoms with Gasteiger partial charge in [-0.25, -0.2) is 4.79 Å². The average Bonchev–Trinajstić information content (AvgIpc) is 3.26. The summed E-state index contributed by atoms with van der Waals surface area (Å²) in [5.41, 5.74) is -0.417. The molecule has 114 valence electrons. The van der Waals surface area contributed by atoms with E-state index < -0.39 is 17.7 Å². The van der Waals surface area contributed by atoms with Crippen molar-refractivity contribution in [2.75, 3.05) is 14.2 Å². The minimum atomic E-state index is -4.56. The molecule has 0 unspecified atom stereocenters. The number of benzene rings is 1. The second-order valence-electron chi connectivity index (χ2n) is 4.72. The minimum absolute atomic E-state index is 0.0685. The van der Waals surface area contributed by atoms with Crippen LogP contribution in [0.5, 0.6) is 0 Å². The number of hydrogen-bond acceptors (Lipinski definition) is 4. The third kappa shape index (κ3) is 3.53. The zero-order valence-corrected chi connectivity index (χ0v) is 11.5. The molecule has 1 fully saturated rings. The summed E-state index contributed by atoms with van der Waals surface area (Å²) in [4.78, 5) is 16.3. The second-order valence-corrected chi connectivity index (χ2v) is 4.72. The van der Waals surface area contributed by atoms with Gasteiger partial charge in [0.1, 0.15) is 7.11 Å². The molecule has 0 amide bonds. The van der Waals surface area contributed by atoms with Crippen LogP contribution in [-0.4, -0.2) is 25.9 Å². The van der Waals surface area contributed by atoms with E-state index in [1.54, 1.807) is 0 Å². The van der Waals surface area contributed by atoms with Crippen molar-refractivity contribution in [1.82, 2.24) is 0 Å². The molecule has 7 heteroatoms. The van der Waals surface area contributed by atoms with Crippen LogP contribution in [0.1, 0.15) is 34.3 Å². The van der Waals surface area contributed by atoms with Gasteiger partial charge in [0.25, 0.3) is 0 Å². The van der Waals surface area contributed by atoms with Crippen LogP contribution in [0, 0.1) is 5.92 Å². The monoisotopic (exact) mass is 301 g/mol. The molecule has 0 atom stereocenters. The normalized spacial score (nSPS) is 15.8. The lowest BCUT2D eigenvalue weighted by Gasteiger charge is -2.12. The van der Waals surface area contributed by atoms with Gasteiger partial charge in [0, 0.05) is 11.5 Å². The Kier molecular flexibility index (Phi) is 4.20. The van der Waals surface area contributed by atoms with E-state index in [1.165, 1.54) is 13.2 Å². The summed E-state index contributed by atoms with van der Waals surface area (Å²) in [7, 11) is 2.45. The maximum atomic E-state index is 13.0. The summed E-state index contributed by atoms with van der Waals surface area (Å²) in [6, 6.07) is 3.09. The van der Waals surface area contributed by atoms with Gasteiger partial charge in [-0.05, 0) is 31.0 Å². The first-order valence-corrected chi connectivity index (χ1v) is 6.29. The number of rotatable bonds is 4. The molecule has 0 N–H and O–H groups in total. The predicted molar refractivity (Wildman–Crippen MR) is 69.1 cm³/mol. The van der Waals surface area contributed by atoms with Gasteiger partial charge in [0.05, 0.1) is 23.9 Å². The first-order valence-electron chi connectivity index (χ1n) is 6.29. The van der Waals surface area contributed by atoms with Gasteiger partial charge in [-0.1, -0.05) is 5.16 Å². The van der Waals surface area contributed by atoms with Gasteiger partial charge in [0.15, 0.2) is 0 Å². The molecule has 1 aliphatic carbocycles. The smallest absolute Gasteiger partial charge is 0.416 e. The number of esters is 1. The number of carbonyl (C=O) groups is 1. The zero-order chi connectivity index (χ0) is 15.6. The van der Waals surface area contributed by atoms with Crippen molar-refractivity contribution in [1.29, 1.82) is 0 Å². The molecular formula is C14H14F3NO3. The Morgan fingerprint density at radius 3 is 2.29 bits per heavy atom. The summed E-state index contributed by atoms with van der Waals surface area (Å²) >= 11 is 0. The van der Waals surface area contributed by atoms with Crippen molar-refractivity contribution in [2.45, 2.75) is 19.0 Å². The number of methoxy groups -OCH3 is 1. The maximum Gasteiger partial charge on any atom is 0.416 e. The average molecular weight is 301 g/mol. The fraction of sp³-hybridized carbons (Fsp3) is 0.429. The Bertz CT molecular complexity index is 577. The van der Waals surface area contributed by atoms with Gasteiger partial charge >= 0.3 is 12.1 Å². The standard InChI is InChI=1S/C14H14F3NO3/c1-20-13(19)10-5-9(6-11(7-10)14(15,16)17)12(18-21-2)8-3-4-8/h5-8H,3-4H2,1-2H3. The molecule has 0 radical (unpaired) electrons. The summed E-state index contributed by atoms with van der Waals surface area (Å²) in [6.07, 6.45) is -2.88. The topological polar surface area (TPSA) is 47.9 Å². The van der Waals surface area contributed by atoms with Crippen molar-refractivity contribution in [3.63, 3.8) is 0 Å². The van der Waals surface area contributed by atoms with E-state index in [9.17, 15) is 18.0 Å². The molecule has 0 aliphatic heterocycles. The summed E-state index contributed by atoms with van der Waals surface area (Å²) in [5, 5.41) is 3.80. The van der Waals surface area contributed by atoms with Crippen LogP contribution >= 0.6 is 0 Å². The lowest BCUT2D eigenvalue weighted by molar-refractivity contribution is -0.137. The van der Waals surface area contributed by atoms with Crippen LogP contribution in [0.2, 0.25) is 0 Å². The van der Waals surface area contributed by atoms with E-state index in [0.29, 0.717) is 5.71 Å². The number of oxime groups is 1. The van der Waals surface area contributed by atoms with Crippen molar-refractivity contribution in [3.8, 4) is 0 Å². The Morgan fingerprint density at radius 2 is 1.81 bits per heavy atom. The number of ether oxygens (including phenoxy) is 1. The Morgan fingerprint density at radius 1 is 1.19 bits per heavy atom. The molecule has 0 bridgehead atoms. The van der Waals surface area contributed by atoms with E-state index in [-0.39, 0.29) is 17.0 Å². The Labute approximate surface area is 119 Å². The Balaban J connectivity index is 2.54. The van der Waals surface area contributed by atoms with E-state index in [4.69, 9.17) is 4.84 Å². The van der Waals surface area contributed by atoms with Gasteiger partial charge in [-0.15, -0.1) is 0 Å². The van der Waals surface area contributed by atoms with Crippen LogP contribution in [0.25, 0.3) is 0 Å². The minimum Gasteiger partial charge on any atom is -0.465 e. The lowest BCUT2D eigenvalue weighted by atomic mass is 9.99. The molecule has 21 heavy (non-hydrogen) atoms. The highest BCUT2D eigenvalue weighted by molar-refractivity contribution is 6.05. The van der Waals surface area contributed by atoms with E-state index in [1.807, 2.05) is 0 Å². The van der Waals surface area contributed by atoms with Gasteiger partial charge in [-0.2, -0.15) is 13.2 Å². The first kappa shape index (κ1) is 15.3. The molecule has 0 saturated heterocycles. The molecule has 1 aromatic carbocycles. The van der Waals surface area contributed by atoms with Crippen molar-refractivity contribution >= 4 is 11.7 Å². The largest absolute Gasteiger partial charge is 0.465 e. The third-order valence-corrected chi connectivity index (χ3v) is 3.13. The number of hydrogen-bond donors (Lipinski definition) is 0. The molecule has 1 aromatic rings. The van der Waals surface area contributed by atoms with Crippen molar-refractivity contribution < 1.29 is 27.5 Å². The lowest BCUT2D eigenvalue weighted by Crippen LogP contribution is -2.13. The van der Waals surface area contributed by atoms with Crippen LogP contribution in [-0.2, 0) is 15.8 Å². The first-order chi connectivity index (χ1) is 9.86. The number of halogens is 3. The molecule has 4 nitrogen and oxygen atoms in total. The van der Waals surface area contributed by atoms with Gasteiger partial charge < -0.3 is 9.57 Å². The van der Waals surface area contributed by atoms with Crippen molar-refractivity contribution in [3.05, 3.63) is 34.9 Å². The highest BCUT2D eigenvalue weighted by Crippen LogP contribution is 2.36. The number of carbonyl (C=O) groups excluding carboxylic acids is 1. The van der Waals surface area contributed by atoms with E-state index in [2.05, 4.69) is 9.89 Å². The molecule has 0 spiro atoms. The SMILES string of the molecule is CON=C(c1cc(C(=O)OC)cc(C(F)(F)F)c1)C1CC1. The van der Waals surface area contributed by atoms with Crippen LogP contribution < -0.4 is 0 Å². The predicted octanol–water partition coefficient (Wildman–Crippen LogP) is 3.25. The van der Waals surface area contributed by atoms with Crippen LogP contribution in [0.3, 0.4) is 0 Å². The molecule has 1 saturated carbocycles. The van der Waals surface area contributed by atoms with Crippen LogP contribution in [0.4, 0.5) is 13.2 Å². The summed E-state index contributed by atoms with van der Waals surface area (Å²) in [6.45, 7) is 0. The molecular weight excluding hydrogens is 287 g/mol. The van der Waals surface area contributed by atoms with Crippen LogP contribution in [0.15, 0.2) is 23.4 Å². The second kappa shape index (κ2) is 5.75. The van der Waals surface area contributed by atoms with Crippen molar-refractivity contribution in [2.24, 2.45) is 11.1 Å². The number of alkyl halides is 3. The highest BCUT2D eigenvalue weighted by Gasteiger charge is 2.35. The van der Waals surface area contributed by atoms with E-state index >= 15 is 0 Å². The van der Waals surface area contributed by atoms with E-state index in [0.717, 1.165) is 32.1 Å². The molecule has 0 heterocycles. The fourth-order valence-electron chi connectivity index (χ4n) is 1.99. The number of nitrogens with zero attached hydrogens (tertiary/aromatic N) is 1. The molecule has 2 rings (SSSR count). The highest BCUT2D eigenvalue weighted by atomic mass is 19.4. The van der Waals surface area contributed by atoms with Gasteiger partial charge in [-0.3, -0.25) is 0 Å². The third-order valence-electron chi connectivity index (χ3n) is 3.13. The fourth-order valence-corrected chi connectivity index (χ4v) is 1.99. The zero-order valence-electron chi connectivity index (χ0n) is 11.5. The summed E-state index contributed by atoms with van der Waals surface area (Å²) < 4.78 is 43.4. The van der Waals surface area contributed by atoms with Gasteiger partial charge in [0.2, 0.25) is 0 Å². The molecule has 1 aliphatic rings. The summed E-state index contributed by atoms with van der Waals surface area (Å²) in [5.74, 6) is -0.756. The Hall–Kier alpha value is -2.05. The quantitative estimate of drug-likeness (QED) is 0.487. The maximum absolute atomic E-state index is 13.0. The molecule has 0 aromatic heterocycles.